The van der Waals surface area contributed by atoms with E-state index in [1.54, 1.807) is 18.2 Å². The Kier molecular flexibility index (Phi) is 8.73. The maximum absolute atomic E-state index is 11.2. The lowest BCUT2D eigenvalue weighted by Crippen LogP contribution is -2.03. The van der Waals surface area contributed by atoms with Crippen LogP contribution in [-0.2, 0) is 16.0 Å². The minimum absolute atomic E-state index is 0.182. The van der Waals surface area contributed by atoms with E-state index in [4.69, 9.17) is 10.2 Å². The van der Waals surface area contributed by atoms with E-state index >= 15 is 0 Å². The standard InChI is InChI=1S/C19H26O4/c1-2-3-4-5-6-7-8-10-15-11-9-12-16(13-15)17(19(22)23)14-18(20)21/h9,11-14H,2-8,10H2,1H3,(H,20,21)(H,22,23)/b17-14-. The minimum atomic E-state index is -1.25. The van der Waals surface area contributed by atoms with E-state index in [1.807, 2.05) is 6.07 Å². The molecule has 2 N–H and O–H groups in total. The van der Waals surface area contributed by atoms with Crippen molar-refractivity contribution in [1.82, 2.24) is 0 Å². The van der Waals surface area contributed by atoms with Gasteiger partial charge < -0.3 is 10.2 Å². The summed E-state index contributed by atoms with van der Waals surface area (Å²) in [5.41, 5.74) is 1.31. The molecule has 0 aliphatic heterocycles. The molecule has 0 saturated carbocycles. The predicted octanol–water partition coefficient (Wildman–Crippen LogP) is 4.53. The Balaban J connectivity index is 2.56. The van der Waals surface area contributed by atoms with Crippen LogP contribution in [0.3, 0.4) is 0 Å². The van der Waals surface area contributed by atoms with Crippen molar-refractivity contribution in [2.24, 2.45) is 0 Å². The lowest BCUT2D eigenvalue weighted by Gasteiger charge is -2.06. The molecule has 0 fully saturated rings. The van der Waals surface area contributed by atoms with Crippen molar-refractivity contribution in [3.05, 3.63) is 41.5 Å². The molecule has 0 saturated heterocycles. The van der Waals surface area contributed by atoms with Crippen LogP contribution in [0.15, 0.2) is 30.3 Å². The number of carboxylic acid groups (broad SMARTS) is 2. The number of aliphatic carboxylic acids is 2. The molecule has 0 aliphatic carbocycles. The summed E-state index contributed by atoms with van der Waals surface area (Å²) in [6.07, 6.45) is 10.2. The molecule has 4 nitrogen and oxygen atoms in total. The van der Waals surface area contributed by atoms with E-state index in [0.29, 0.717) is 5.56 Å². The summed E-state index contributed by atoms with van der Waals surface area (Å²) in [5, 5.41) is 17.9. The second-order valence-corrected chi connectivity index (χ2v) is 5.77. The minimum Gasteiger partial charge on any atom is -0.478 e. The Morgan fingerprint density at radius 1 is 1.00 bits per heavy atom. The number of carbonyl (C=O) groups is 2. The molecule has 0 aromatic heterocycles. The second kappa shape index (κ2) is 10.6. The molecule has 1 rings (SSSR count). The molecule has 23 heavy (non-hydrogen) atoms. The van der Waals surface area contributed by atoms with Crippen molar-refractivity contribution in [2.75, 3.05) is 0 Å². The Labute approximate surface area is 137 Å². The molecule has 126 valence electrons. The normalized spacial score (nSPS) is 11.4. The number of aryl methyl sites for hydroxylation is 1. The Hall–Kier alpha value is -2.10. The molecule has 0 heterocycles. The van der Waals surface area contributed by atoms with E-state index in [2.05, 4.69) is 6.92 Å². The predicted molar refractivity (Wildman–Crippen MR) is 91.4 cm³/mol. The quantitative estimate of drug-likeness (QED) is 0.464. The van der Waals surface area contributed by atoms with Crippen molar-refractivity contribution >= 4 is 17.5 Å². The van der Waals surface area contributed by atoms with Crippen LogP contribution in [0.25, 0.3) is 5.57 Å². The maximum atomic E-state index is 11.2. The number of hydrogen-bond acceptors (Lipinski definition) is 2. The van der Waals surface area contributed by atoms with Gasteiger partial charge in [-0.1, -0.05) is 69.7 Å². The topological polar surface area (TPSA) is 74.6 Å². The molecule has 0 aliphatic rings. The zero-order valence-corrected chi connectivity index (χ0v) is 13.8. The zero-order valence-electron chi connectivity index (χ0n) is 13.8. The molecule has 0 radical (unpaired) electrons. The summed E-state index contributed by atoms with van der Waals surface area (Å²) in [5.74, 6) is -2.47. The van der Waals surface area contributed by atoms with Gasteiger partial charge in [0.25, 0.3) is 0 Å². The van der Waals surface area contributed by atoms with E-state index in [1.165, 1.54) is 38.5 Å². The monoisotopic (exact) mass is 318 g/mol. The first kappa shape index (κ1) is 18.9. The summed E-state index contributed by atoms with van der Waals surface area (Å²) >= 11 is 0. The van der Waals surface area contributed by atoms with Gasteiger partial charge in [0, 0.05) is 6.08 Å². The van der Waals surface area contributed by atoms with Crippen LogP contribution in [0.2, 0.25) is 0 Å². The number of carboxylic acids is 2. The van der Waals surface area contributed by atoms with Crippen molar-refractivity contribution in [3.8, 4) is 0 Å². The fourth-order valence-corrected chi connectivity index (χ4v) is 2.57. The summed E-state index contributed by atoms with van der Waals surface area (Å²) < 4.78 is 0. The first-order valence-corrected chi connectivity index (χ1v) is 8.31. The molecule has 1 aromatic carbocycles. The summed E-state index contributed by atoms with van der Waals surface area (Å²) in [6.45, 7) is 2.21. The van der Waals surface area contributed by atoms with Crippen molar-refractivity contribution in [1.29, 1.82) is 0 Å². The highest BCUT2D eigenvalue weighted by Crippen LogP contribution is 2.18. The summed E-state index contributed by atoms with van der Waals surface area (Å²) in [4.78, 5) is 22.0. The lowest BCUT2D eigenvalue weighted by atomic mass is 9.99. The van der Waals surface area contributed by atoms with Crippen LogP contribution < -0.4 is 0 Å². The number of rotatable bonds is 11. The van der Waals surface area contributed by atoms with Crippen molar-refractivity contribution < 1.29 is 19.8 Å². The molecule has 0 spiro atoms. The van der Waals surface area contributed by atoms with Gasteiger partial charge in [0.2, 0.25) is 0 Å². The van der Waals surface area contributed by atoms with E-state index in [-0.39, 0.29) is 5.57 Å². The highest BCUT2D eigenvalue weighted by Gasteiger charge is 2.12. The molecule has 0 amide bonds. The third kappa shape index (κ3) is 7.63. The van der Waals surface area contributed by atoms with Crippen LogP contribution in [0.1, 0.15) is 63.0 Å². The van der Waals surface area contributed by atoms with Gasteiger partial charge in [-0.2, -0.15) is 0 Å². The van der Waals surface area contributed by atoms with Crippen LogP contribution >= 0.6 is 0 Å². The first-order valence-electron chi connectivity index (χ1n) is 8.31. The fourth-order valence-electron chi connectivity index (χ4n) is 2.57. The van der Waals surface area contributed by atoms with Gasteiger partial charge in [-0.15, -0.1) is 0 Å². The molecular weight excluding hydrogens is 292 g/mol. The number of hydrogen-bond donors (Lipinski definition) is 2. The summed E-state index contributed by atoms with van der Waals surface area (Å²) in [6, 6.07) is 7.16. The number of benzene rings is 1. The number of unbranched alkanes of at least 4 members (excludes halogenated alkanes) is 6. The lowest BCUT2D eigenvalue weighted by molar-refractivity contribution is -0.133. The van der Waals surface area contributed by atoms with Gasteiger partial charge in [-0.25, -0.2) is 9.59 Å². The van der Waals surface area contributed by atoms with Gasteiger partial charge in [-0.3, -0.25) is 0 Å². The van der Waals surface area contributed by atoms with Gasteiger partial charge in [-0.05, 0) is 24.0 Å². The van der Waals surface area contributed by atoms with Crippen molar-refractivity contribution in [2.45, 2.75) is 58.3 Å². The average Bonchev–Trinajstić information content (AvgIpc) is 2.51. The third-order valence-electron chi connectivity index (χ3n) is 3.81. The van der Waals surface area contributed by atoms with Gasteiger partial charge in [0.1, 0.15) is 0 Å². The molecule has 1 aromatic rings. The highest BCUT2D eigenvalue weighted by atomic mass is 16.4. The molecule has 0 unspecified atom stereocenters. The Bertz CT molecular complexity index is 546. The Morgan fingerprint density at radius 2 is 1.65 bits per heavy atom. The van der Waals surface area contributed by atoms with Gasteiger partial charge in [0.05, 0.1) is 5.57 Å². The first-order chi connectivity index (χ1) is 11.0. The maximum Gasteiger partial charge on any atom is 0.336 e. The van der Waals surface area contributed by atoms with Crippen LogP contribution in [-0.4, -0.2) is 22.2 Å². The SMILES string of the molecule is CCCCCCCCCc1cccc(/C(=C/C(=O)O)C(=O)O)c1. The van der Waals surface area contributed by atoms with E-state index in [0.717, 1.165) is 24.5 Å². The average molecular weight is 318 g/mol. The smallest absolute Gasteiger partial charge is 0.336 e. The molecule has 0 bridgehead atoms. The molecular formula is C19H26O4. The summed E-state index contributed by atoms with van der Waals surface area (Å²) in [7, 11) is 0. The third-order valence-corrected chi connectivity index (χ3v) is 3.81. The highest BCUT2D eigenvalue weighted by molar-refractivity contribution is 6.19. The largest absolute Gasteiger partial charge is 0.478 e. The Morgan fingerprint density at radius 3 is 2.26 bits per heavy atom. The van der Waals surface area contributed by atoms with Gasteiger partial charge >= 0.3 is 11.9 Å². The van der Waals surface area contributed by atoms with E-state index < -0.39 is 11.9 Å². The van der Waals surface area contributed by atoms with E-state index in [9.17, 15) is 9.59 Å². The zero-order chi connectivity index (χ0) is 17.1. The molecule has 4 heteroatoms. The van der Waals surface area contributed by atoms with Gasteiger partial charge in [0.15, 0.2) is 0 Å². The second-order valence-electron chi connectivity index (χ2n) is 5.77. The van der Waals surface area contributed by atoms with Crippen molar-refractivity contribution in [3.63, 3.8) is 0 Å². The van der Waals surface area contributed by atoms with Crippen LogP contribution in [0.5, 0.6) is 0 Å². The fraction of sp³-hybridized carbons (Fsp3) is 0.474. The molecule has 0 atom stereocenters. The van der Waals surface area contributed by atoms with Crippen LogP contribution in [0, 0.1) is 0 Å². The van der Waals surface area contributed by atoms with Crippen LogP contribution in [0.4, 0.5) is 0 Å².